The van der Waals surface area contributed by atoms with Crippen LogP contribution >= 0.6 is 15.9 Å². The second kappa shape index (κ2) is 10.4. The SMILES string of the molecule is CC(C)(C)OC(=O)NCC(=O)N1CCCN(C(=O)/C=C/c2ccccc2Br)CC1. The van der Waals surface area contributed by atoms with Gasteiger partial charge < -0.3 is 19.9 Å². The third-order valence-electron chi connectivity index (χ3n) is 4.25. The van der Waals surface area contributed by atoms with Gasteiger partial charge in [-0.2, -0.15) is 0 Å². The summed E-state index contributed by atoms with van der Waals surface area (Å²) in [7, 11) is 0. The van der Waals surface area contributed by atoms with E-state index < -0.39 is 11.7 Å². The number of hydrogen-bond donors (Lipinski definition) is 1. The molecule has 0 spiro atoms. The molecule has 0 bridgehead atoms. The van der Waals surface area contributed by atoms with Gasteiger partial charge in [-0.25, -0.2) is 4.79 Å². The van der Waals surface area contributed by atoms with Crippen molar-refractivity contribution in [2.24, 2.45) is 0 Å². The van der Waals surface area contributed by atoms with Crippen LogP contribution in [0.1, 0.15) is 32.8 Å². The monoisotopic (exact) mass is 465 g/mol. The van der Waals surface area contributed by atoms with Crippen LogP contribution in [-0.2, 0) is 14.3 Å². The van der Waals surface area contributed by atoms with Gasteiger partial charge in [0.1, 0.15) is 12.1 Å². The molecule has 1 aliphatic rings. The molecule has 1 aromatic carbocycles. The van der Waals surface area contributed by atoms with E-state index in [-0.39, 0.29) is 18.4 Å². The van der Waals surface area contributed by atoms with Gasteiger partial charge in [-0.3, -0.25) is 9.59 Å². The van der Waals surface area contributed by atoms with Gasteiger partial charge in [0.05, 0.1) is 0 Å². The summed E-state index contributed by atoms with van der Waals surface area (Å²) in [5.41, 5.74) is 0.320. The number of alkyl carbamates (subject to hydrolysis) is 1. The molecule has 1 saturated heterocycles. The normalized spacial score (nSPS) is 15.2. The van der Waals surface area contributed by atoms with Crippen LogP contribution in [0, 0.1) is 0 Å². The van der Waals surface area contributed by atoms with Crippen molar-refractivity contribution in [1.29, 1.82) is 0 Å². The Labute approximate surface area is 180 Å². The molecule has 0 unspecified atom stereocenters. The second-order valence-electron chi connectivity index (χ2n) is 7.77. The highest BCUT2D eigenvalue weighted by Crippen LogP contribution is 2.17. The third kappa shape index (κ3) is 7.89. The molecule has 0 saturated carbocycles. The van der Waals surface area contributed by atoms with Crippen LogP contribution in [0.25, 0.3) is 6.08 Å². The van der Waals surface area contributed by atoms with Crippen molar-refractivity contribution in [2.75, 3.05) is 32.7 Å². The molecule has 2 rings (SSSR count). The second-order valence-corrected chi connectivity index (χ2v) is 8.62. The molecule has 0 aromatic heterocycles. The summed E-state index contributed by atoms with van der Waals surface area (Å²) >= 11 is 3.46. The van der Waals surface area contributed by atoms with Crippen molar-refractivity contribution >= 4 is 39.9 Å². The first-order valence-corrected chi connectivity index (χ1v) is 10.4. The number of rotatable bonds is 4. The van der Waals surface area contributed by atoms with Crippen LogP contribution in [0.3, 0.4) is 0 Å². The van der Waals surface area contributed by atoms with Gasteiger partial charge in [0, 0.05) is 36.7 Å². The van der Waals surface area contributed by atoms with E-state index in [1.54, 1.807) is 42.7 Å². The smallest absolute Gasteiger partial charge is 0.408 e. The number of hydrogen-bond acceptors (Lipinski definition) is 4. The Morgan fingerprint density at radius 2 is 1.76 bits per heavy atom. The minimum Gasteiger partial charge on any atom is -0.444 e. The van der Waals surface area contributed by atoms with Crippen molar-refractivity contribution in [2.45, 2.75) is 32.8 Å². The first-order chi connectivity index (χ1) is 13.7. The number of nitrogens with zero attached hydrogens (tertiary/aromatic N) is 2. The zero-order valence-electron chi connectivity index (χ0n) is 17.1. The molecule has 0 aliphatic carbocycles. The summed E-state index contributed by atoms with van der Waals surface area (Å²) < 4.78 is 6.06. The molecular formula is C21H28BrN3O4. The lowest BCUT2D eigenvalue weighted by Gasteiger charge is -2.23. The largest absolute Gasteiger partial charge is 0.444 e. The number of ether oxygens (including phenoxy) is 1. The van der Waals surface area contributed by atoms with Crippen LogP contribution in [0.2, 0.25) is 0 Å². The van der Waals surface area contributed by atoms with Gasteiger partial charge in [-0.1, -0.05) is 34.1 Å². The Kier molecular flexibility index (Phi) is 8.25. The van der Waals surface area contributed by atoms with E-state index in [0.717, 1.165) is 10.0 Å². The predicted molar refractivity (Wildman–Crippen MR) is 115 cm³/mol. The fourth-order valence-electron chi connectivity index (χ4n) is 2.84. The highest BCUT2D eigenvalue weighted by molar-refractivity contribution is 9.10. The lowest BCUT2D eigenvalue weighted by molar-refractivity contribution is -0.131. The zero-order chi connectivity index (χ0) is 21.4. The van der Waals surface area contributed by atoms with Gasteiger partial charge in [0.15, 0.2) is 0 Å². The van der Waals surface area contributed by atoms with Crippen LogP contribution in [0.15, 0.2) is 34.8 Å². The molecule has 29 heavy (non-hydrogen) atoms. The van der Waals surface area contributed by atoms with Crippen LogP contribution in [-0.4, -0.2) is 66.0 Å². The van der Waals surface area contributed by atoms with Crippen LogP contribution in [0.4, 0.5) is 4.79 Å². The third-order valence-corrected chi connectivity index (χ3v) is 4.98. The number of benzene rings is 1. The molecule has 1 heterocycles. The van der Waals surface area contributed by atoms with Gasteiger partial charge in [0.25, 0.3) is 0 Å². The molecule has 1 aromatic rings. The van der Waals surface area contributed by atoms with Gasteiger partial charge in [-0.05, 0) is 44.9 Å². The standard InChI is InChI=1S/C21H28BrN3O4/c1-21(2,3)29-20(28)23-15-19(27)25-12-6-11-24(13-14-25)18(26)10-9-16-7-4-5-8-17(16)22/h4-5,7-10H,6,11-15H2,1-3H3,(H,23,28)/b10-9+. The summed E-state index contributed by atoms with van der Waals surface area (Å²) in [6, 6.07) is 7.68. The molecular weight excluding hydrogens is 438 g/mol. The van der Waals surface area contributed by atoms with Crippen molar-refractivity contribution in [3.05, 3.63) is 40.4 Å². The van der Waals surface area contributed by atoms with E-state index in [1.807, 2.05) is 24.3 Å². The Morgan fingerprint density at radius 3 is 2.45 bits per heavy atom. The summed E-state index contributed by atoms with van der Waals surface area (Å²) in [4.78, 5) is 40.0. The Hall–Kier alpha value is -2.35. The van der Waals surface area contributed by atoms with Crippen LogP contribution in [0.5, 0.6) is 0 Å². The van der Waals surface area contributed by atoms with Gasteiger partial charge in [0.2, 0.25) is 11.8 Å². The van der Waals surface area contributed by atoms with Crippen LogP contribution < -0.4 is 5.32 Å². The van der Waals surface area contributed by atoms with Gasteiger partial charge >= 0.3 is 6.09 Å². The summed E-state index contributed by atoms with van der Waals surface area (Å²) in [5, 5.41) is 2.49. The summed E-state index contributed by atoms with van der Waals surface area (Å²) in [6.07, 6.45) is 3.41. The molecule has 7 nitrogen and oxygen atoms in total. The average Bonchev–Trinajstić information content (AvgIpc) is 2.90. The molecule has 8 heteroatoms. The zero-order valence-corrected chi connectivity index (χ0v) is 18.7. The van der Waals surface area contributed by atoms with Gasteiger partial charge in [-0.15, -0.1) is 0 Å². The van der Waals surface area contributed by atoms with E-state index in [0.29, 0.717) is 32.6 Å². The molecule has 1 N–H and O–H groups in total. The first-order valence-electron chi connectivity index (χ1n) is 9.62. The maximum Gasteiger partial charge on any atom is 0.408 e. The number of amides is 3. The lowest BCUT2D eigenvalue weighted by Crippen LogP contribution is -2.43. The summed E-state index contributed by atoms with van der Waals surface area (Å²) in [5.74, 6) is -0.268. The minimum atomic E-state index is -0.616. The quantitative estimate of drug-likeness (QED) is 0.692. The summed E-state index contributed by atoms with van der Waals surface area (Å²) in [6.45, 7) is 7.19. The average molecular weight is 466 g/mol. The molecule has 3 amide bonds. The Bertz CT molecular complexity index is 773. The molecule has 0 radical (unpaired) electrons. The van der Waals surface area contributed by atoms with Crippen molar-refractivity contribution in [3.63, 3.8) is 0 Å². The van der Waals surface area contributed by atoms with Crippen molar-refractivity contribution in [3.8, 4) is 0 Å². The van der Waals surface area contributed by atoms with E-state index in [4.69, 9.17) is 4.74 Å². The lowest BCUT2D eigenvalue weighted by atomic mass is 10.2. The van der Waals surface area contributed by atoms with E-state index in [1.165, 1.54) is 0 Å². The first kappa shape index (κ1) is 22.9. The maximum atomic E-state index is 12.5. The highest BCUT2D eigenvalue weighted by atomic mass is 79.9. The fourth-order valence-corrected chi connectivity index (χ4v) is 3.25. The van der Waals surface area contributed by atoms with E-state index in [2.05, 4.69) is 21.2 Å². The topological polar surface area (TPSA) is 79.0 Å². The fraction of sp³-hybridized carbons (Fsp3) is 0.476. The minimum absolute atomic E-state index is 0.0815. The number of carbonyl (C=O) groups excluding carboxylic acids is 3. The molecule has 1 aliphatic heterocycles. The Morgan fingerprint density at radius 1 is 1.10 bits per heavy atom. The highest BCUT2D eigenvalue weighted by Gasteiger charge is 2.22. The number of halogens is 1. The van der Waals surface area contributed by atoms with Crippen molar-refractivity contribution in [1.82, 2.24) is 15.1 Å². The maximum absolute atomic E-state index is 12.5. The number of carbonyl (C=O) groups is 3. The van der Waals surface area contributed by atoms with E-state index >= 15 is 0 Å². The predicted octanol–water partition coefficient (Wildman–Crippen LogP) is 3.05. The van der Waals surface area contributed by atoms with E-state index in [9.17, 15) is 14.4 Å². The molecule has 0 atom stereocenters. The molecule has 158 valence electrons. The van der Waals surface area contributed by atoms with Crippen molar-refractivity contribution < 1.29 is 19.1 Å². The molecule has 1 fully saturated rings. The Balaban J connectivity index is 1.83. The number of nitrogens with one attached hydrogen (secondary N) is 1.